The number of benzene rings is 1. The minimum absolute atomic E-state index is 1.30. The van der Waals surface area contributed by atoms with Gasteiger partial charge in [0.05, 0.1) is 0 Å². The summed E-state index contributed by atoms with van der Waals surface area (Å²) in [7, 11) is 0. The highest BCUT2D eigenvalue weighted by molar-refractivity contribution is 7.19. The molecular formula is C18H24S. The van der Waals surface area contributed by atoms with Crippen LogP contribution in [-0.2, 0) is 12.8 Å². The molecule has 0 bridgehead atoms. The first kappa shape index (κ1) is 13.2. The Morgan fingerprint density at radius 3 is 2.11 bits per heavy atom. The first-order valence-electron chi connectivity index (χ1n) is 7.94. The lowest BCUT2D eigenvalue weighted by molar-refractivity contribution is 0.562. The topological polar surface area (TPSA) is 0 Å². The molecule has 2 aromatic rings. The molecule has 19 heavy (non-hydrogen) atoms. The van der Waals surface area contributed by atoms with E-state index in [1.807, 2.05) is 0 Å². The zero-order chi connectivity index (χ0) is 12.9. The third-order valence-electron chi connectivity index (χ3n) is 4.36. The van der Waals surface area contributed by atoms with Gasteiger partial charge in [-0.25, -0.2) is 0 Å². The van der Waals surface area contributed by atoms with Crippen LogP contribution in [0.25, 0.3) is 10.1 Å². The van der Waals surface area contributed by atoms with Crippen molar-refractivity contribution in [2.75, 3.05) is 0 Å². The third kappa shape index (κ3) is 3.20. The van der Waals surface area contributed by atoms with Gasteiger partial charge in [-0.05, 0) is 42.7 Å². The van der Waals surface area contributed by atoms with Crippen LogP contribution in [0, 0.1) is 0 Å². The summed E-state index contributed by atoms with van der Waals surface area (Å²) in [5, 5.41) is 1.54. The number of rotatable bonds is 0. The second kappa shape index (κ2) is 6.56. The fourth-order valence-corrected chi connectivity index (χ4v) is 4.57. The molecule has 1 heteroatoms. The van der Waals surface area contributed by atoms with Gasteiger partial charge in [-0.3, -0.25) is 0 Å². The minimum Gasteiger partial charge on any atom is -0.140 e. The van der Waals surface area contributed by atoms with Crippen LogP contribution >= 0.6 is 11.3 Å². The van der Waals surface area contributed by atoms with Crippen LogP contribution in [0.2, 0.25) is 0 Å². The third-order valence-corrected chi connectivity index (χ3v) is 5.64. The Morgan fingerprint density at radius 1 is 0.684 bits per heavy atom. The van der Waals surface area contributed by atoms with Crippen molar-refractivity contribution < 1.29 is 0 Å². The fraction of sp³-hybridized carbons (Fsp3) is 0.556. The lowest BCUT2D eigenvalue weighted by Gasteiger charge is -2.08. The van der Waals surface area contributed by atoms with Gasteiger partial charge >= 0.3 is 0 Å². The molecule has 0 N–H and O–H groups in total. The van der Waals surface area contributed by atoms with Gasteiger partial charge in [0.25, 0.3) is 0 Å². The summed E-state index contributed by atoms with van der Waals surface area (Å²) in [4.78, 5) is 1.68. The van der Waals surface area contributed by atoms with E-state index in [1.165, 1.54) is 68.9 Å². The molecule has 102 valence electrons. The summed E-state index contributed by atoms with van der Waals surface area (Å²) in [6.45, 7) is 0. The molecule has 3 rings (SSSR count). The summed E-state index contributed by atoms with van der Waals surface area (Å²) in [6.07, 6.45) is 14.0. The van der Waals surface area contributed by atoms with E-state index in [0.29, 0.717) is 0 Å². The number of fused-ring (bicyclic) bond motifs is 3. The second-order valence-corrected chi connectivity index (χ2v) is 6.97. The van der Waals surface area contributed by atoms with Crippen LogP contribution in [0.5, 0.6) is 0 Å². The first-order chi connectivity index (χ1) is 9.45. The van der Waals surface area contributed by atoms with E-state index < -0.39 is 0 Å². The molecule has 0 radical (unpaired) electrons. The van der Waals surface area contributed by atoms with E-state index in [1.54, 1.807) is 15.8 Å². The summed E-state index contributed by atoms with van der Waals surface area (Å²) in [6, 6.07) is 9.01. The van der Waals surface area contributed by atoms with Gasteiger partial charge in [0.15, 0.2) is 0 Å². The van der Waals surface area contributed by atoms with Crippen molar-refractivity contribution in [3.63, 3.8) is 0 Å². The Kier molecular flexibility index (Phi) is 4.55. The minimum atomic E-state index is 1.30. The van der Waals surface area contributed by atoms with E-state index in [-0.39, 0.29) is 0 Å². The van der Waals surface area contributed by atoms with Crippen LogP contribution in [0.4, 0.5) is 0 Å². The molecule has 0 aliphatic heterocycles. The summed E-state index contributed by atoms with van der Waals surface area (Å²) < 4.78 is 1.50. The second-order valence-electron chi connectivity index (χ2n) is 5.83. The maximum absolute atomic E-state index is 2.33. The summed E-state index contributed by atoms with van der Waals surface area (Å²) in [5.74, 6) is 0. The molecule has 1 aromatic carbocycles. The Bertz CT molecular complexity index is 523. The molecule has 0 unspecified atom stereocenters. The van der Waals surface area contributed by atoms with Crippen molar-refractivity contribution in [2.24, 2.45) is 0 Å². The van der Waals surface area contributed by atoms with Gasteiger partial charge in [0.2, 0.25) is 0 Å². The molecule has 0 spiro atoms. The zero-order valence-corrected chi connectivity index (χ0v) is 12.6. The van der Waals surface area contributed by atoms with E-state index >= 15 is 0 Å². The summed E-state index contributed by atoms with van der Waals surface area (Å²) in [5.41, 5.74) is 1.68. The number of aryl methyl sites for hydroxylation is 2. The van der Waals surface area contributed by atoms with Crippen LogP contribution in [0.1, 0.15) is 61.8 Å². The van der Waals surface area contributed by atoms with Crippen LogP contribution in [-0.4, -0.2) is 0 Å². The van der Waals surface area contributed by atoms with E-state index in [0.717, 1.165) is 0 Å². The summed E-state index contributed by atoms with van der Waals surface area (Å²) >= 11 is 2.05. The van der Waals surface area contributed by atoms with Gasteiger partial charge in [0.1, 0.15) is 0 Å². The van der Waals surface area contributed by atoms with E-state index in [2.05, 4.69) is 35.6 Å². The highest BCUT2D eigenvalue weighted by Crippen LogP contribution is 2.34. The molecule has 1 aromatic heterocycles. The lowest BCUT2D eigenvalue weighted by atomic mass is 9.98. The van der Waals surface area contributed by atoms with Crippen molar-refractivity contribution >= 4 is 21.4 Å². The molecule has 1 aliphatic carbocycles. The van der Waals surface area contributed by atoms with Gasteiger partial charge in [-0.1, -0.05) is 56.7 Å². The van der Waals surface area contributed by atoms with E-state index in [9.17, 15) is 0 Å². The van der Waals surface area contributed by atoms with Crippen molar-refractivity contribution in [2.45, 2.75) is 64.2 Å². The monoisotopic (exact) mass is 272 g/mol. The first-order valence-corrected chi connectivity index (χ1v) is 8.76. The van der Waals surface area contributed by atoms with Gasteiger partial charge in [-0.15, -0.1) is 11.3 Å². The average molecular weight is 272 g/mol. The van der Waals surface area contributed by atoms with Gasteiger partial charge in [-0.2, -0.15) is 0 Å². The SMILES string of the molecule is c1ccc2c3c(sc2c1)CCCCCCCCCC3. The molecule has 0 amide bonds. The van der Waals surface area contributed by atoms with E-state index in [4.69, 9.17) is 0 Å². The fourth-order valence-electron chi connectivity index (χ4n) is 3.27. The Hall–Kier alpha value is -0.820. The van der Waals surface area contributed by atoms with Crippen molar-refractivity contribution in [3.05, 3.63) is 34.7 Å². The Balaban J connectivity index is 1.87. The van der Waals surface area contributed by atoms with Crippen LogP contribution < -0.4 is 0 Å². The highest BCUT2D eigenvalue weighted by atomic mass is 32.1. The molecule has 1 aliphatic rings. The molecule has 0 saturated heterocycles. The average Bonchev–Trinajstić information content (AvgIpc) is 2.77. The predicted molar refractivity (Wildman–Crippen MR) is 86.2 cm³/mol. The standard InChI is InChI=1S/C18H24S/c1-2-4-6-8-13-17-15(11-7-5-3-1)16-12-9-10-14-18(16)19-17/h9-10,12,14H,1-8,11,13H2. The Morgan fingerprint density at radius 2 is 1.32 bits per heavy atom. The van der Waals surface area contributed by atoms with Crippen molar-refractivity contribution in [1.29, 1.82) is 0 Å². The molecular weight excluding hydrogens is 248 g/mol. The quantitative estimate of drug-likeness (QED) is 0.542. The molecule has 0 atom stereocenters. The smallest absolute Gasteiger partial charge is 0.0348 e. The highest BCUT2D eigenvalue weighted by Gasteiger charge is 2.11. The zero-order valence-electron chi connectivity index (χ0n) is 11.8. The van der Waals surface area contributed by atoms with Crippen LogP contribution in [0.3, 0.4) is 0 Å². The Labute approximate surface area is 120 Å². The molecule has 1 heterocycles. The lowest BCUT2D eigenvalue weighted by Crippen LogP contribution is -1.93. The predicted octanol–water partition coefficient (Wildman–Crippen LogP) is 6.12. The maximum atomic E-state index is 2.33. The van der Waals surface area contributed by atoms with Gasteiger partial charge < -0.3 is 0 Å². The number of hydrogen-bond donors (Lipinski definition) is 0. The molecule has 0 fully saturated rings. The van der Waals surface area contributed by atoms with Gasteiger partial charge in [0, 0.05) is 9.58 Å². The van der Waals surface area contributed by atoms with Crippen molar-refractivity contribution in [1.82, 2.24) is 0 Å². The largest absolute Gasteiger partial charge is 0.140 e. The maximum Gasteiger partial charge on any atom is 0.0348 e. The molecule has 0 saturated carbocycles. The molecule has 0 nitrogen and oxygen atoms in total. The van der Waals surface area contributed by atoms with Crippen LogP contribution in [0.15, 0.2) is 24.3 Å². The van der Waals surface area contributed by atoms with Crippen molar-refractivity contribution in [3.8, 4) is 0 Å². The normalized spacial score (nSPS) is 18.5. The number of hydrogen-bond acceptors (Lipinski definition) is 1. The number of thiophene rings is 1.